The largest absolute Gasteiger partial charge is 0.351 e. The van der Waals surface area contributed by atoms with Crippen LogP contribution in [0.4, 0.5) is 5.82 Å². The van der Waals surface area contributed by atoms with Crippen molar-refractivity contribution in [2.45, 2.75) is 45.2 Å². The topological polar surface area (TPSA) is 41.0 Å². The molecule has 4 nitrogen and oxygen atoms in total. The van der Waals surface area contributed by atoms with E-state index < -0.39 is 0 Å². The van der Waals surface area contributed by atoms with Gasteiger partial charge in [0.05, 0.1) is 6.20 Å². The normalized spacial score (nSPS) is 20.4. The highest BCUT2D eigenvalue weighted by Gasteiger charge is 2.27. The van der Waals surface area contributed by atoms with E-state index in [-0.39, 0.29) is 5.54 Å². The Hall–Kier alpha value is -0.870. The molecule has 1 atom stereocenters. The Bertz CT molecular complexity index is 402. The summed E-state index contributed by atoms with van der Waals surface area (Å²) < 4.78 is 0. The van der Waals surface area contributed by atoms with E-state index in [2.05, 4.69) is 41.0 Å². The summed E-state index contributed by atoms with van der Waals surface area (Å²) in [6.07, 6.45) is 5.60. The third kappa shape index (κ3) is 3.33. The summed E-state index contributed by atoms with van der Waals surface area (Å²) in [6, 6.07) is 0.469. The van der Waals surface area contributed by atoms with Gasteiger partial charge in [-0.25, -0.2) is 9.97 Å². The van der Waals surface area contributed by atoms with E-state index in [0.29, 0.717) is 11.1 Å². The maximum Gasteiger partial charge on any atom is 0.151 e. The zero-order valence-corrected chi connectivity index (χ0v) is 12.0. The molecule has 1 N–H and O–H groups in total. The van der Waals surface area contributed by atoms with E-state index in [4.69, 9.17) is 11.6 Å². The molecule has 1 fully saturated rings. The van der Waals surface area contributed by atoms with Crippen LogP contribution >= 0.6 is 11.6 Å². The first-order valence-corrected chi connectivity index (χ1v) is 6.82. The molecule has 0 bridgehead atoms. The first kappa shape index (κ1) is 13.6. The van der Waals surface area contributed by atoms with Crippen LogP contribution in [0.1, 0.15) is 33.6 Å². The maximum atomic E-state index is 6.17. The molecule has 1 saturated heterocycles. The molecule has 1 aliphatic heterocycles. The molecule has 0 saturated carbocycles. The Kier molecular flexibility index (Phi) is 4.07. The van der Waals surface area contributed by atoms with E-state index in [1.54, 1.807) is 12.5 Å². The molecule has 0 aliphatic carbocycles. The molecular weight excluding hydrogens is 248 g/mol. The van der Waals surface area contributed by atoms with Crippen LogP contribution in [0.25, 0.3) is 0 Å². The molecule has 18 heavy (non-hydrogen) atoms. The summed E-state index contributed by atoms with van der Waals surface area (Å²) in [7, 11) is 0. The Balaban J connectivity index is 2.06. The minimum Gasteiger partial charge on any atom is -0.351 e. The highest BCUT2D eigenvalue weighted by Crippen LogP contribution is 2.28. The van der Waals surface area contributed by atoms with Gasteiger partial charge in [0.1, 0.15) is 11.3 Å². The minimum atomic E-state index is 0.143. The zero-order chi connectivity index (χ0) is 13.2. The number of halogens is 1. The summed E-state index contributed by atoms with van der Waals surface area (Å²) in [5.41, 5.74) is 0.143. The van der Waals surface area contributed by atoms with Gasteiger partial charge in [-0.15, -0.1) is 0 Å². The molecule has 1 unspecified atom stereocenters. The van der Waals surface area contributed by atoms with E-state index in [1.807, 2.05) is 0 Å². The van der Waals surface area contributed by atoms with Crippen molar-refractivity contribution < 1.29 is 0 Å². The Morgan fingerprint density at radius 1 is 1.50 bits per heavy atom. The van der Waals surface area contributed by atoms with Crippen LogP contribution in [0.5, 0.6) is 0 Å². The second-order valence-electron chi connectivity index (χ2n) is 5.81. The Morgan fingerprint density at radius 2 is 2.28 bits per heavy atom. The zero-order valence-electron chi connectivity index (χ0n) is 11.3. The molecule has 0 amide bonds. The third-order valence-electron chi connectivity index (χ3n) is 3.17. The molecule has 0 radical (unpaired) electrons. The number of rotatable bonds is 3. The summed E-state index contributed by atoms with van der Waals surface area (Å²) in [4.78, 5) is 10.5. The van der Waals surface area contributed by atoms with Gasteiger partial charge in [0.15, 0.2) is 5.82 Å². The number of anilines is 1. The molecule has 1 aromatic rings. The van der Waals surface area contributed by atoms with Gasteiger partial charge in [-0.05, 0) is 33.6 Å². The first-order chi connectivity index (χ1) is 8.47. The van der Waals surface area contributed by atoms with E-state index in [9.17, 15) is 0 Å². The van der Waals surface area contributed by atoms with E-state index in [1.165, 1.54) is 12.8 Å². The van der Waals surface area contributed by atoms with Gasteiger partial charge >= 0.3 is 0 Å². The van der Waals surface area contributed by atoms with Crippen molar-refractivity contribution in [1.82, 2.24) is 15.3 Å². The molecule has 2 rings (SSSR count). The smallest absolute Gasteiger partial charge is 0.151 e. The maximum absolute atomic E-state index is 6.17. The second-order valence-corrected chi connectivity index (χ2v) is 6.22. The fraction of sp³-hybridized carbons (Fsp3) is 0.692. The molecule has 2 heterocycles. The van der Waals surface area contributed by atoms with Gasteiger partial charge in [-0.1, -0.05) is 11.6 Å². The van der Waals surface area contributed by atoms with Crippen molar-refractivity contribution in [2.24, 2.45) is 0 Å². The van der Waals surface area contributed by atoms with E-state index >= 15 is 0 Å². The van der Waals surface area contributed by atoms with Crippen molar-refractivity contribution in [1.29, 1.82) is 0 Å². The molecular formula is C13H21ClN4. The number of nitrogens with one attached hydrogen (secondary N) is 1. The minimum absolute atomic E-state index is 0.143. The fourth-order valence-electron chi connectivity index (χ4n) is 2.27. The SMILES string of the molecule is CC(C)(C)NCC1CCCN1c1ncncc1Cl. The van der Waals surface area contributed by atoms with Gasteiger partial charge in [0, 0.05) is 24.7 Å². The first-order valence-electron chi connectivity index (χ1n) is 6.44. The molecule has 0 aromatic carbocycles. The molecule has 1 aliphatic rings. The van der Waals surface area contributed by atoms with Gasteiger partial charge in [0.2, 0.25) is 0 Å². The monoisotopic (exact) mass is 268 g/mol. The van der Waals surface area contributed by atoms with Crippen molar-refractivity contribution in [2.75, 3.05) is 18.0 Å². The summed E-state index contributed by atoms with van der Waals surface area (Å²) in [5.74, 6) is 0.866. The fourth-order valence-corrected chi connectivity index (χ4v) is 2.48. The lowest BCUT2D eigenvalue weighted by molar-refractivity contribution is 0.404. The van der Waals surface area contributed by atoms with Crippen LogP contribution in [0.3, 0.4) is 0 Å². The van der Waals surface area contributed by atoms with Crippen molar-refractivity contribution in [3.63, 3.8) is 0 Å². The highest BCUT2D eigenvalue weighted by atomic mass is 35.5. The number of hydrogen-bond acceptors (Lipinski definition) is 4. The van der Waals surface area contributed by atoms with Crippen molar-refractivity contribution in [3.8, 4) is 0 Å². The lowest BCUT2D eigenvalue weighted by Gasteiger charge is -2.30. The molecule has 5 heteroatoms. The predicted molar refractivity (Wildman–Crippen MR) is 75.2 cm³/mol. The summed E-state index contributed by atoms with van der Waals surface area (Å²) in [5, 5.41) is 4.19. The van der Waals surface area contributed by atoms with Crippen LogP contribution in [0.15, 0.2) is 12.5 Å². The van der Waals surface area contributed by atoms with E-state index in [0.717, 1.165) is 18.9 Å². The molecule has 0 spiro atoms. The number of aromatic nitrogens is 2. The standard InChI is InChI=1S/C13H21ClN4/c1-13(2,3)17-7-10-5-4-6-18(10)12-11(14)8-15-9-16-12/h8-10,17H,4-7H2,1-3H3. The van der Waals surface area contributed by atoms with Gasteiger partial charge in [-0.2, -0.15) is 0 Å². The Morgan fingerprint density at radius 3 is 2.94 bits per heavy atom. The van der Waals surface area contributed by atoms with Crippen molar-refractivity contribution in [3.05, 3.63) is 17.5 Å². The Labute approximate surface area is 114 Å². The molecule has 100 valence electrons. The third-order valence-corrected chi connectivity index (χ3v) is 3.43. The lowest BCUT2D eigenvalue weighted by Crippen LogP contribution is -2.45. The summed E-state index contributed by atoms with van der Waals surface area (Å²) in [6.45, 7) is 8.54. The van der Waals surface area contributed by atoms with Gasteiger partial charge in [0.25, 0.3) is 0 Å². The second kappa shape index (κ2) is 5.41. The average Bonchev–Trinajstić information content (AvgIpc) is 2.74. The highest BCUT2D eigenvalue weighted by molar-refractivity contribution is 6.32. The van der Waals surface area contributed by atoms with Crippen LogP contribution in [0, 0.1) is 0 Å². The van der Waals surface area contributed by atoms with Crippen LogP contribution in [-0.4, -0.2) is 34.6 Å². The predicted octanol–water partition coefficient (Wildman–Crippen LogP) is 2.49. The van der Waals surface area contributed by atoms with Crippen LogP contribution < -0.4 is 10.2 Å². The van der Waals surface area contributed by atoms with Gasteiger partial charge in [-0.3, -0.25) is 0 Å². The lowest BCUT2D eigenvalue weighted by atomic mass is 10.1. The number of hydrogen-bond donors (Lipinski definition) is 1. The van der Waals surface area contributed by atoms with Crippen LogP contribution in [-0.2, 0) is 0 Å². The summed E-state index contributed by atoms with van der Waals surface area (Å²) >= 11 is 6.17. The quantitative estimate of drug-likeness (QED) is 0.915. The van der Waals surface area contributed by atoms with Crippen LogP contribution in [0.2, 0.25) is 5.02 Å². The molecule has 1 aromatic heterocycles. The number of nitrogens with zero attached hydrogens (tertiary/aromatic N) is 3. The van der Waals surface area contributed by atoms with Gasteiger partial charge < -0.3 is 10.2 Å². The van der Waals surface area contributed by atoms with Crippen molar-refractivity contribution >= 4 is 17.4 Å². The average molecular weight is 269 g/mol.